The number of nitrogens with zero attached hydrogens (tertiary/aromatic N) is 1. The van der Waals surface area contributed by atoms with Gasteiger partial charge in [-0.25, -0.2) is 4.39 Å². The van der Waals surface area contributed by atoms with Gasteiger partial charge in [-0.15, -0.1) is 0 Å². The molecule has 98 valence electrons. The Bertz CT molecular complexity index is 581. The number of benzene rings is 2. The average molecular weight is 257 g/mol. The molecule has 2 aromatic carbocycles. The molecule has 0 N–H and O–H groups in total. The third kappa shape index (κ3) is 3.41. The first kappa shape index (κ1) is 13.3. The third-order valence-electron chi connectivity index (χ3n) is 2.99. The fourth-order valence-electron chi connectivity index (χ4n) is 1.95. The molecule has 2 rings (SSSR count). The number of carbonyl (C=O) groups is 1. The van der Waals surface area contributed by atoms with Crippen molar-refractivity contribution in [1.82, 2.24) is 0 Å². The van der Waals surface area contributed by atoms with E-state index in [1.807, 2.05) is 42.3 Å². The molecule has 0 saturated heterocycles. The molecule has 0 saturated carbocycles. The maximum absolute atomic E-state index is 13.5. The molecule has 0 aromatic heterocycles. The van der Waals surface area contributed by atoms with Crippen LogP contribution in [0.25, 0.3) is 0 Å². The topological polar surface area (TPSA) is 20.3 Å². The molecule has 3 heteroatoms. The minimum absolute atomic E-state index is 0.131. The molecule has 0 aliphatic carbocycles. The van der Waals surface area contributed by atoms with Gasteiger partial charge in [0.25, 0.3) is 0 Å². The first-order valence-corrected chi connectivity index (χ1v) is 6.13. The summed E-state index contributed by atoms with van der Waals surface area (Å²) in [4.78, 5) is 13.3. The lowest BCUT2D eigenvalue weighted by atomic mass is 10.1. The highest BCUT2D eigenvalue weighted by atomic mass is 19.1. The van der Waals surface area contributed by atoms with E-state index in [2.05, 4.69) is 0 Å². The Balaban J connectivity index is 2.24. The summed E-state index contributed by atoms with van der Waals surface area (Å²) < 4.78 is 13.5. The number of carbonyl (C=O) groups excluding carboxylic acids is 1. The molecule has 0 bridgehead atoms. The molecule has 0 aliphatic heterocycles. The summed E-state index contributed by atoms with van der Waals surface area (Å²) >= 11 is 0. The van der Waals surface area contributed by atoms with E-state index in [9.17, 15) is 9.18 Å². The lowest BCUT2D eigenvalue weighted by Crippen LogP contribution is -2.17. The Morgan fingerprint density at radius 3 is 2.47 bits per heavy atom. The molecule has 0 aliphatic rings. The molecule has 0 unspecified atom stereocenters. The van der Waals surface area contributed by atoms with Crippen molar-refractivity contribution in [3.8, 4) is 0 Å². The van der Waals surface area contributed by atoms with E-state index in [1.54, 1.807) is 6.07 Å². The van der Waals surface area contributed by atoms with E-state index in [1.165, 1.54) is 19.1 Å². The molecule has 0 radical (unpaired) electrons. The van der Waals surface area contributed by atoms with E-state index in [0.29, 0.717) is 17.8 Å². The average Bonchev–Trinajstić information content (AvgIpc) is 2.39. The van der Waals surface area contributed by atoms with E-state index < -0.39 is 0 Å². The molecule has 0 heterocycles. The molecular weight excluding hydrogens is 241 g/mol. The van der Waals surface area contributed by atoms with Crippen molar-refractivity contribution < 1.29 is 9.18 Å². The zero-order valence-electron chi connectivity index (χ0n) is 11.1. The lowest BCUT2D eigenvalue weighted by Gasteiger charge is -2.20. The zero-order chi connectivity index (χ0) is 13.8. The summed E-state index contributed by atoms with van der Waals surface area (Å²) in [7, 11) is 1.88. The predicted molar refractivity (Wildman–Crippen MR) is 75.0 cm³/mol. The van der Waals surface area contributed by atoms with Crippen molar-refractivity contribution in [3.05, 3.63) is 65.5 Å². The predicted octanol–water partition coefficient (Wildman–Crippen LogP) is 3.66. The van der Waals surface area contributed by atoms with Crippen LogP contribution in [0.5, 0.6) is 0 Å². The van der Waals surface area contributed by atoms with E-state index >= 15 is 0 Å². The second-order valence-corrected chi connectivity index (χ2v) is 4.60. The minimum atomic E-state index is -0.386. The van der Waals surface area contributed by atoms with Crippen molar-refractivity contribution in [2.45, 2.75) is 13.5 Å². The van der Waals surface area contributed by atoms with Crippen molar-refractivity contribution in [2.24, 2.45) is 0 Å². The summed E-state index contributed by atoms with van der Waals surface area (Å²) in [5.41, 5.74) is 2.24. The number of halogens is 1. The van der Waals surface area contributed by atoms with Crippen molar-refractivity contribution in [2.75, 3.05) is 11.9 Å². The van der Waals surface area contributed by atoms with Crippen molar-refractivity contribution in [3.63, 3.8) is 0 Å². The number of hydrogen-bond donors (Lipinski definition) is 0. The van der Waals surface area contributed by atoms with E-state index in [4.69, 9.17) is 0 Å². The van der Waals surface area contributed by atoms with Gasteiger partial charge in [0.2, 0.25) is 0 Å². The molecule has 0 fully saturated rings. The van der Waals surface area contributed by atoms with Gasteiger partial charge in [-0.2, -0.15) is 0 Å². The lowest BCUT2D eigenvalue weighted by molar-refractivity contribution is 0.101. The van der Waals surface area contributed by atoms with Crippen LogP contribution in [0.3, 0.4) is 0 Å². The Morgan fingerprint density at radius 2 is 1.84 bits per heavy atom. The molecule has 0 amide bonds. The van der Waals surface area contributed by atoms with Gasteiger partial charge in [0.1, 0.15) is 5.82 Å². The quantitative estimate of drug-likeness (QED) is 0.779. The van der Waals surface area contributed by atoms with Crippen LogP contribution in [0.2, 0.25) is 0 Å². The van der Waals surface area contributed by atoms with Crippen molar-refractivity contribution in [1.29, 1.82) is 0 Å². The third-order valence-corrected chi connectivity index (χ3v) is 2.99. The number of anilines is 1. The maximum Gasteiger partial charge on any atom is 0.159 e. The van der Waals surface area contributed by atoms with Crippen LogP contribution in [0.1, 0.15) is 22.8 Å². The standard InChI is InChI=1S/C16H16FNO/c1-12(19)14-8-15(17)10-16(9-14)18(2)11-13-6-4-3-5-7-13/h3-10H,11H2,1-2H3. The van der Waals surface area contributed by atoms with Crippen LogP contribution in [0.4, 0.5) is 10.1 Å². The number of Topliss-reactive ketones (excluding diaryl/α,β-unsaturated/α-hetero) is 1. The fourth-order valence-corrected chi connectivity index (χ4v) is 1.95. The smallest absolute Gasteiger partial charge is 0.159 e. The van der Waals surface area contributed by atoms with Crippen LogP contribution < -0.4 is 4.90 Å². The highest BCUT2D eigenvalue weighted by Crippen LogP contribution is 2.19. The summed E-state index contributed by atoms with van der Waals surface area (Å²) in [5, 5.41) is 0. The maximum atomic E-state index is 13.5. The monoisotopic (exact) mass is 257 g/mol. The Kier molecular flexibility index (Phi) is 3.95. The summed E-state index contributed by atoms with van der Waals surface area (Å²) in [6.07, 6.45) is 0. The summed E-state index contributed by atoms with van der Waals surface area (Å²) in [6.45, 7) is 2.11. The van der Waals surface area contributed by atoms with Gasteiger partial charge in [-0.05, 0) is 30.7 Å². The van der Waals surface area contributed by atoms with Crippen LogP contribution in [-0.2, 0) is 6.54 Å². The SMILES string of the molecule is CC(=O)c1cc(F)cc(N(C)Cc2ccccc2)c1. The molecule has 2 aromatic rings. The normalized spacial score (nSPS) is 10.3. The van der Waals surface area contributed by atoms with Gasteiger partial charge in [0, 0.05) is 24.8 Å². The van der Waals surface area contributed by atoms with E-state index in [-0.39, 0.29) is 11.6 Å². The highest BCUT2D eigenvalue weighted by molar-refractivity contribution is 5.95. The van der Waals surface area contributed by atoms with Crippen LogP contribution >= 0.6 is 0 Å². The number of ketones is 1. The van der Waals surface area contributed by atoms with Gasteiger partial charge >= 0.3 is 0 Å². The van der Waals surface area contributed by atoms with Gasteiger partial charge in [0.05, 0.1) is 0 Å². The Labute approximate surface area is 112 Å². The van der Waals surface area contributed by atoms with E-state index in [0.717, 1.165) is 5.56 Å². The largest absolute Gasteiger partial charge is 0.370 e. The zero-order valence-corrected chi connectivity index (χ0v) is 11.1. The first-order valence-electron chi connectivity index (χ1n) is 6.13. The Hall–Kier alpha value is -2.16. The second kappa shape index (κ2) is 5.65. The minimum Gasteiger partial charge on any atom is -0.370 e. The van der Waals surface area contributed by atoms with Crippen LogP contribution in [0.15, 0.2) is 48.5 Å². The van der Waals surface area contributed by atoms with Gasteiger partial charge in [-0.1, -0.05) is 30.3 Å². The van der Waals surface area contributed by atoms with Crippen LogP contribution in [-0.4, -0.2) is 12.8 Å². The molecule has 0 atom stereocenters. The summed E-state index contributed by atoms with van der Waals surface area (Å²) in [5.74, 6) is -0.517. The molecule has 2 nitrogen and oxygen atoms in total. The fraction of sp³-hybridized carbons (Fsp3) is 0.188. The Morgan fingerprint density at radius 1 is 1.16 bits per heavy atom. The number of hydrogen-bond acceptors (Lipinski definition) is 2. The molecular formula is C16H16FNO. The van der Waals surface area contributed by atoms with Gasteiger partial charge in [0.15, 0.2) is 5.78 Å². The van der Waals surface area contributed by atoms with Gasteiger partial charge < -0.3 is 4.90 Å². The molecule has 0 spiro atoms. The summed E-state index contributed by atoms with van der Waals surface area (Å²) in [6, 6.07) is 14.3. The highest BCUT2D eigenvalue weighted by Gasteiger charge is 2.08. The van der Waals surface area contributed by atoms with Crippen molar-refractivity contribution >= 4 is 11.5 Å². The van der Waals surface area contributed by atoms with Gasteiger partial charge in [-0.3, -0.25) is 4.79 Å². The van der Waals surface area contributed by atoms with Crippen LogP contribution in [0, 0.1) is 5.82 Å². The second-order valence-electron chi connectivity index (χ2n) is 4.60. The first-order chi connectivity index (χ1) is 9.06. The number of rotatable bonds is 4. The molecule has 19 heavy (non-hydrogen) atoms.